The van der Waals surface area contributed by atoms with Crippen molar-refractivity contribution < 1.29 is 8.81 Å². The molecule has 2 aromatic heterocycles. The zero-order chi connectivity index (χ0) is 18.8. The summed E-state index contributed by atoms with van der Waals surface area (Å²) in [5.74, 6) is -0.342. The van der Waals surface area contributed by atoms with Crippen LogP contribution >= 0.6 is 11.3 Å². The van der Waals surface area contributed by atoms with Crippen LogP contribution in [0.4, 0.5) is 4.39 Å². The monoisotopic (exact) mass is 374 g/mol. The third-order valence-electron chi connectivity index (χ3n) is 3.95. The highest BCUT2D eigenvalue weighted by Crippen LogP contribution is 2.27. The number of halogens is 1. The number of para-hydroxylation sites is 1. The summed E-state index contributed by atoms with van der Waals surface area (Å²) in [7, 11) is 0. The van der Waals surface area contributed by atoms with Gasteiger partial charge in [-0.05, 0) is 35.9 Å². The minimum absolute atomic E-state index is 0.336. The summed E-state index contributed by atoms with van der Waals surface area (Å²) >= 11 is 1.26. The molecular formula is C21H11FN2O2S. The average molecular weight is 374 g/mol. The smallest absolute Gasteiger partial charge is 0.345 e. The van der Waals surface area contributed by atoms with E-state index in [1.807, 2.05) is 12.1 Å². The van der Waals surface area contributed by atoms with Crippen LogP contribution in [-0.2, 0) is 0 Å². The van der Waals surface area contributed by atoms with Crippen LogP contribution in [0, 0.1) is 17.1 Å². The van der Waals surface area contributed by atoms with Crippen LogP contribution < -0.4 is 5.63 Å². The molecule has 0 fully saturated rings. The quantitative estimate of drug-likeness (QED) is 0.369. The van der Waals surface area contributed by atoms with Crippen molar-refractivity contribution in [2.75, 3.05) is 0 Å². The van der Waals surface area contributed by atoms with Crippen molar-refractivity contribution in [2.24, 2.45) is 0 Å². The van der Waals surface area contributed by atoms with Crippen LogP contribution in [0.15, 0.2) is 69.2 Å². The Bertz CT molecular complexity index is 1260. The molecule has 4 rings (SSSR count). The molecule has 0 bridgehead atoms. The summed E-state index contributed by atoms with van der Waals surface area (Å²) in [5, 5.41) is 12.5. The van der Waals surface area contributed by atoms with Crippen molar-refractivity contribution in [3.05, 3.63) is 86.8 Å². The molecule has 2 aromatic carbocycles. The molecule has 0 unspecified atom stereocenters. The molecule has 0 aliphatic heterocycles. The first-order chi connectivity index (χ1) is 13.1. The number of allylic oxidation sites excluding steroid dienone is 1. The summed E-state index contributed by atoms with van der Waals surface area (Å²) < 4.78 is 18.4. The first-order valence-electron chi connectivity index (χ1n) is 8.00. The zero-order valence-electron chi connectivity index (χ0n) is 13.8. The summed E-state index contributed by atoms with van der Waals surface area (Å²) in [6, 6.07) is 16.9. The van der Waals surface area contributed by atoms with Crippen LogP contribution in [0.3, 0.4) is 0 Å². The van der Waals surface area contributed by atoms with Crippen LogP contribution in [0.1, 0.15) is 10.6 Å². The third-order valence-corrected chi connectivity index (χ3v) is 4.83. The van der Waals surface area contributed by atoms with Crippen molar-refractivity contribution >= 4 is 34.0 Å². The molecular weight excluding hydrogens is 363 g/mol. The van der Waals surface area contributed by atoms with E-state index in [-0.39, 0.29) is 5.82 Å². The second kappa shape index (κ2) is 6.98. The molecule has 0 amide bonds. The highest BCUT2D eigenvalue weighted by Gasteiger charge is 2.13. The van der Waals surface area contributed by atoms with Crippen molar-refractivity contribution in [2.45, 2.75) is 0 Å². The number of benzene rings is 2. The minimum atomic E-state index is -0.480. The molecule has 0 radical (unpaired) electrons. The van der Waals surface area contributed by atoms with Gasteiger partial charge in [0.05, 0.1) is 16.8 Å². The van der Waals surface area contributed by atoms with Gasteiger partial charge in [-0.1, -0.05) is 30.3 Å². The normalized spacial score (nSPS) is 11.5. The number of fused-ring (bicyclic) bond motifs is 1. The Labute approximate surface area is 157 Å². The van der Waals surface area contributed by atoms with Gasteiger partial charge >= 0.3 is 5.63 Å². The number of aromatic nitrogens is 1. The van der Waals surface area contributed by atoms with Gasteiger partial charge in [0.15, 0.2) is 0 Å². The number of nitrogens with zero attached hydrogens (tertiary/aromatic N) is 2. The topological polar surface area (TPSA) is 66.9 Å². The number of nitriles is 1. The highest BCUT2D eigenvalue weighted by molar-refractivity contribution is 7.11. The van der Waals surface area contributed by atoms with Gasteiger partial charge in [-0.2, -0.15) is 5.26 Å². The molecule has 0 saturated carbocycles. The van der Waals surface area contributed by atoms with Gasteiger partial charge < -0.3 is 4.42 Å². The third kappa shape index (κ3) is 3.41. The van der Waals surface area contributed by atoms with Crippen LogP contribution in [-0.4, -0.2) is 4.98 Å². The molecule has 0 N–H and O–H groups in total. The summed E-state index contributed by atoms with van der Waals surface area (Å²) in [6.45, 7) is 0. The lowest BCUT2D eigenvalue weighted by molar-refractivity contribution is 0.563. The van der Waals surface area contributed by atoms with E-state index in [2.05, 4.69) is 11.1 Å². The minimum Gasteiger partial charge on any atom is -0.422 e. The number of hydrogen-bond acceptors (Lipinski definition) is 5. The summed E-state index contributed by atoms with van der Waals surface area (Å²) in [5.41, 5.74) is 1.85. The molecule has 2 heterocycles. The second-order valence-electron chi connectivity index (χ2n) is 5.74. The van der Waals surface area contributed by atoms with Gasteiger partial charge in [0.2, 0.25) is 0 Å². The van der Waals surface area contributed by atoms with Crippen molar-refractivity contribution in [3.63, 3.8) is 0 Å². The van der Waals surface area contributed by atoms with Gasteiger partial charge in [-0.3, -0.25) is 0 Å². The fourth-order valence-electron chi connectivity index (χ4n) is 2.63. The number of hydrogen-bond donors (Lipinski definition) is 0. The zero-order valence-corrected chi connectivity index (χ0v) is 14.7. The van der Waals surface area contributed by atoms with E-state index in [0.29, 0.717) is 33.0 Å². The van der Waals surface area contributed by atoms with Crippen molar-refractivity contribution in [1.82, 2.24) is 4.98 Å². The van der Waals surface area contributed by atoms with Crippen LogP contribution in [0.25, 0.3) is 33.9 Å². The molecule has 0 aliphatic rings. The fraction of sp³-hybridized carbons (Fsp3) is 0. The van der Waals surface area contributed by atoms with Gasteiger partial charge in [-0.15, -0.1) is 11.3 Å². The molecule has 6 heteroatoms. The average Bonchev–Trinajstić information content (AvgIpc) is 3.16. The van der Waals surface area contributed by atoms with Crippen molar-refractivity contribution in [1.29, 1.82) is 5.26 Å². The van der Waals surface area contributed by atoms with E-state index >= 15 is 0 Å². The molecule has 27 heavy (non-hydrogen) atoms. The highest BCUT2D eigenvalue weighted by atomic mass is 32.1. The van der Waals surface area contributed by atoms with Crippen LogP contribution in [0.5, 0.6) is 0 Å². The van der Waals surface area contributed by atoms with E-state index in [9.17, 15) is 14.4 Å². The van der Waals surface area contributed by atoms with E-state index in [1.165, 1.54) is 23.5 Å². The Balaban J connectivity index is 1.75. The van der Waals surface area contributed by atoms with Gasteiger partial charge in [0, 0.05) is 10.8 Å². The number of thiazole rings is 1. The predicted octanol–water partition coefficient (Wildman–Crippen LogP) is 5.12. The lowest BCUT2D eigenvalue weighted by Crippen LogP contribution is -2.02. The predicted molar refractivity (Wildman–Crippen MR) is 103 cm³/mol. The maximum Gasteiger partial charge on any atom is 0.345 e. The van der Waals surface area contributed by atoms with E-state index < -0.39 is 5.63 Å². The largest absolute Gasteiger partial charge is 0.422 e. The standard InChI is InChI=1S/C21H11FN2O2S/c22-16-7-5-13(6-8-16)9-15(11-23)20-24-18(12-27-20)17-10-14-3-1-2-4-19(14)26-21(17)25/h1-10,12H/b15-9-. The Morgan fingerprint density at radius 2 is 1.96 bits per heavy atom. The Morgan fingerprint density at radius 1 is 1.19 bits per heavy atom. The van der Waals surface area contributed by atoms with E-state index in [1.54, 1.807) is 41.8 Å². The second-order valence-corrected chi connectivity index (χ2v) is 6.60. The molecule has 4 nitrogen and oxygen atoms in total. The Kier molecular flexibility index (Phi) is 4.37. The summed E-state index contributed by atoms with van der Waals surface area (Å²) in [6.07, 6.45) is 1.63. The Morgan fingerprint density at radius 3 is 2.74 bits per heavy atom. The Hall–Kier alpha value is -3.56. The molecule has 0 aliphatic carbocycles. The summed E-state index contributed by atoms with van der Waals surface area (Å²) in [4.78, 5) is 16.7. The van der Waals surface area contributed by atoms with Crippen LogP contribution in [0.2, 0.25) is 0 Å². The van der Waals surface area contributed by atoms with Gasteiger partial charge in [-0.25, -0.2) is 14.2 Å². The molecule has 0 spiro atoms. The lowest BCUT2D eigenvalue weighted by Gasteiger charge is -1.99. The lowest BCUT2D eigenvalue weighted by atomic mass is 10.1. The fourth-order valence-corrected chi connectivity index (χ4v) is 3.41. The molecule has 0 atom stereocenters. The van der Waals surface area contributed by atoms with E-state index in [4.69, 9.17) is 4.42 Å². The molecule has 0 saturated heterocycles. The maximum atomic E-state index is 13.0. The van der Waals surface area contributed by atoms with Crippen molar-refractivity contribution in [3.8, 4) is 17.3 Å². The first-order valence-corrected chi connectivity index (χ1v) is 8.88. The van der Waals surface area contributed by atoms with E-state index in [0.717, 1.165) is 5.39 Å². The SMILES string of the molecule is N#C/C(=C/c1ccc(F)cc1)c1nc(-c2cc3ccccc3oc2=O)cs1. The number of rotatable bonds is 3. The first kappa shape index (κ1) is 16.9. The maximum absolute atomic E-state index is 13.0. The van der Waals surface area contributed by atoms with Gasteiger partial charge in [0.25, 0.3) is 0 Å². The van der Waals surface area contributed by atoms with Gasteiger partial charge in [0.1, 0.15) is 22.5 Å². The molecule has 130 valence electrons. The molecule has 4 aromatic rings.